The highest BCUT2D eigenvalue weighted by Crippen LogP contribution is 2.34. The van der Waals surface area contributed by atoms with Gasteiger partial charge in [0.1, 0.15) is 11.3 Å². The van der Waals surface area contributed by atoms with Gasteiger partial charge in [-0.1, -0.05) is 6.07 Å². The molecule has 0 radical (unpaired) electrons. The highest BCUT2D eigenvalue weighted by molar-refractivity contribution is 6.07. The van der Waals surface area contributed by atoms with Crippen LogP contribution < -0.4 is 5.32 Å². The molecule has 1 saturated heterocycles. The first-order valence-corrected chi connectivity index (χ1v) is 12.4. The summed E-state index contributed by atoms with van der Waals surface area (Å²) in [5, 5.41) is 4.11. The highest BCUT2D eigenvalue weighted by atomic mass is 16.2. The van der Waals surface area contributed by atoms with Crippen LogP contribution in [-0.4, -0.2) is 69.0 Å². The van der Waals surface area contributed by atoms with Crippen LogP contribution in [0.4, 0.5) is 5.69 Å². The van der Waals surface area contributed by atoms with Crippen LogP contribution in [0.25, 0.3) is 22.2 Å². The van der Waals surface area contributed by atoms with E-state index < -0.39 is 0 Å². The number of aliphatic imine (C=N–C) groups is 1. The molecule has 0 unspecified atom stereocenters. The van der Waals surface area contributed by atoms with Gasteiger partial charge in [-0.15, -0.1) is 0 Å². The second-order valence-electron chi connectivity index (χ2n) is 9.42. The van der Waals surface area contributed by atoms with Crippen molar-refractivity contribution in [2.45, 2.75) is 20.0 Å². The minimum Gasteiger partial charge on any atom is -0.346 e. The van der Waals surface area contributed by atoms with E-state index in [4.69, 9.17) is 0 Å². The number of amides is 2. The van der Waals surface area contributed by atoms with Crippen molar-refractivity contribution >= 4 is 34.7 Å². The van der Waals surface area contributed by atoms with Gasteiger partial charge >= 0.3 is 0 Å². The standard InChI is InChI=1S/C28H27N7O2/c1-18(36)35-11-9-34(10-12-35)17-21-3-2-4-25(32-21)28(37)33-26-14-19(13-20-15-29-16-24(20)26)22-5-7-30-27-23(22)6-8-31-27/h2-8,13-14,16H,9-12,15,17H2,1H3,(H,30,31)(H,33,37). The number of benzene rings is 1. The molecule has 2 aliphatic rings. The lowest BCUT2D eigenvalue weighted by Gasteiger charge is -2.33. The monoisotopic (exact) mass is 493 g/mol. The lowest BCUT2D eigenvalue weighted by atomic mass is 9.97. The number of rotatable bonds is 5. The van der Waals surface area contributed by atoms with Crippen LogP contribution in [0.2, 0.25) is 0 Å². The molecule has 0 aliphatic carbocycles. The zero-order valence-electron chi connectivity index (χ0n) is 20.6. The van der Waals surface area contributed by atoms with E-state index >= 15 is 0 Å². The van der Waals surface area contributed by atoms with Gasteiger partial charge in [0.25, 0.3) is 5.91 Å². The Hall–Kier alpha value is -4.37. The number of anilines is 1. The van der Waals surface area contributed by atoms with E-state index in [2.05, 4.69) is 36.2 Å². The van der Waals surface area contributed by atoms with Crippen molar-refractivity contribution in [3.63, 3.8) is 0 Å². The van der Waals surface area contributed by atoms with Crippen molar-refractivity contribution in [2.75, 3.05) is 31.5 Å². The molecule has 9 heteroatoms. The number of nitrogens with one attached hydrogen (secondary N) is 2. The number of aromatic nitrogens is 3. The Morgan fingerprint density at radius 3 is 2.78 bits per heavy atom. The Labute approximate surface area is 214 Å². The Balaban J connectivity index is 1.23. The van der Waals surface area contributed by atoms with E-state index in [0.29, 0.717) is 37.6 Å². The minimum absolute atomic E-state index is 0.110. The van der Waals surface area contributed by atoms with E-state index in [9.17, 15) is 9.59 Å². The highest BCUT2D eigenvalue weighted by Gasteiger charge is 2.21. The maximum Gasteiger partial charge on any atom is 0.274 e. The fourth-order valence-electron chi connectivity index (χ4n) is 5.03. The molecule has 3 aromatic heterocycles. The van der Waals surface area contributed by atoms with Crippen molar-refractivity contribution < 1.29 is 9.59 Å². The average molecular weight is 494 g/mol. The van der Waals surface area contributed by atoms with Crippen molar-refractivity contribution in [3.8, 4) is 11.1 Å². The van der Waals surface area contributed by atoms with Gasteiger partial charge in [0.2, 0.25) is 5.91 Å². The zero-order valence-corrected chi connectivity index (χ0v) is 20.6. The van der Waals surface area contributed by atoms with E-state index in [0.717, 1.165) is 52.1 Å². The quantitative estimate of drug-likeness (QED) is 0.443. The Morgan fingerprint density at radius 2 is 1.95 bits per heavy atom. The van der Waals surface area contributed by atoms with Gasteiger partial charge in [0, 0.05) is 69.2 Å². The second-order valence-corrected chi connectivity index (χ2v) is 9.42. The normalized spacial score (nSPS) is 15.2. The summed E-state index contributed by atoms with van der Waals surface area (Å²) in [6.07, 6.45) is 5.48. The molecule has 0 spiro atoms. The zero-order chi connectivity index (χ0) is 25.4. The van der Waals surface area contributed by atoms with Crippen molar-refractivity contribution in [2.24, 2.45) is 4.99 Å². The Bertz CT molecular complexity index is 1530. The number of aromatic amines is 1. The lowest BCUT2D eigenvalue weighted by molar-refractivity contribution is -0.130. The molecule has 0 bridgehead atoms. The molecular weight excluding hydrogens is 466 g/mol. The van der Waals surface area contributed by atoms with Crippen LogP contribution in [0.3, 0.4) is 0 Å². The molecular formula is C28H27N7O2. The Morgan fingerprint density at radius 1 is 1.08 bits per heavy atom. The SMILES string of the molecule is CC(=O)N1CCN(Cc2cccc(C(=O)Nc3cc(-c4ccnc5[nH]ccc45)cc4c3C=NC4)n2)CC1. The number of fused-ring (bicyclic) bond motifs is 2. The fraction of sp³-hybridized carbons (Fsp3) is 0.250. The van der Waals surface area contributed by atoms with Crippen LogP contribution in [0.5, 0.6) is 0 Å². The molecule has 6 rings (SSSR count). The third-order valence-electron chi connectivity index (χ3n) is 7.01. The number of carbonyl (C=O) groups excluding carboxylic acids is 2. The molecule has 5 heterocycles. The third kappa shape index (κ3) is 4.61. The van der Waals surface area contributed by atoms with Gasteiger partial charge in [-0.05, 0) is 53.1 Å². The molecule has 9 nitrogen and oxygen atoms in total. The maximum atomic E-state index is 13.3. The Kier molecular flexibility index (Phi) is 5.97. The molecule has 2 N–H and O–H groups in total. The number of H-pyrrole nitrogens is 1. The molecule has 1 aromatic carbocycles. The van der Waals surface area contributed by atoms with E-state index in [-0.39, 0.29) is 11.8 Å². The predicted molar refractivity (Wildman–Crippen MR) is 143 cm³/mol. The fourth-order valence-corrected chi connectivity index (χ4v) is 5.03. The van der Waals surface area contributed by atoms with Gasteiger partial charge in [0.05, 0.1) is 17.9 Å². The van der Waals surface area contributed by atoms with E-state index in [1.54, 1.807) is 19.2 Å². The number of hydrogen-bond donors (Lipinski definition) is 2. The summed E-state index contributed by atoms with van der Waals surface area (Å²) in [5.41, 5.74) is 6.77. The summed E-state index contributed by atoms with van der Waals surface area (Å²) in [4.78, 5) is 45.6. The first-order chi connectivity index (χ1) is 18.0. The first-order valence-electron chi connectivity index (χ1n) is 12.4. The van der Waals surface area contributed by atoms with Gasteiger partial charge < -0.3 is 15.2 Å². The van der Waals surface area contributed by atoms with Crippen molar-refractivity contribution in [1.29, 1.82) is 0 Å². The number of nitrogens with zero attached hydrogens (tertiary/aromatic N) is 5. The number of hydrogen-bond acceptors (Lipinski definition) is 6. The summed E-state index contributed by atoms with van der Waals surface area (Å²) >= 11 is 0. The summed E-state index contributed by atoms with van der Waals surface area (Å²) in [7, 11) is 0. The molecule has 4 aromatic rings. The summed E-state index contributed by atoms with van der Waals surface area (Å²) in [5.74, 6) is -0.150. The van der Waals surface area contributed by atoms with Gasteiger partial charge in [-0.25, -0.2) is 9.97 Å². The number of carbonyl (C=O) groups is 2. The van der Waals surface area contributed by atoms with Gasteiger partial charge in [0.15, 0.2) is 0 Å². The van der Waals surface area contributed by atoms with Crippen LogP contribution in [-0.2, 0) is 17.9 Å². The first kappa shape index (κ1) is 23.1. The van der Waals surface area contributed by atoms with Crippen LogP contribution in [0.1, 0.15) is 34.2 Å². The third-order valence-corrected chi connectivity index (χ3v) is 7.01. The predicted octanol–water partition coefficient (Wildman–Crippen LogP) is 3.47. The smallest absolute Gasteiger partial charge is 0.274 e. The molecule has 2 aliphatic heterocycles. The number of piperazine rings is 1. The maximum absolute atomic E-state index is 13.3. The molecule has 0 saturated carbocycles. The van der Waals surface area contributed by atoms with Crippen molar-refractivity contribution in [1.82, 2.24) is 24.8 Å². The minimum atomic E-state index is -0.260. The van der Waals surface area contributed by atoms with Crippen LogP contribution >= 0.6 is 0 Å². The summed E-state index contributed by atoms with van der Waals surface area (Å²) < 4.78 is 0. The molecule has 186 valence electrons. The average Bonchev–Trinajstić information content (AvgIpc) is 3.59. The van der Waals surface area contributed by atoms with Crippen LogP contribution in [0, 0.1) is 0 Å². The molecule has 0 atom stereocenters. The second kappa shape index (κ2) is 9.59. The number of pyridine rings is 2. The van der Waals surface area contributed by atoms with Gasteiger partial charge in [-0.2, -0.15) is 0 Å². The van der Waals surface area contributed by atoms with Crippen molar-refractivity contribution in [3.05, 3.63) is 77.4 Å². The molecule has 1 fully saturated rings. The lowest BCUT2D eigenvalue weighted by Crippen LogP contribution is -2.47. The molecule has 2 amide bonds. The van der Waals surface area contributed by atoms with Gasteiger partial charge in [-0.3, -0.25) is 19.5 Å². The van der Waals surface area contributed by atoms with E-state index in [1.807, 2.05) is 47.6 Å². The summed E-state index contributed by atoms with van der Waals surface area (Å²) in [6, 6.07) is 13.7. The largest absolute Gasteiger partial charge is 0.346 e. The van der Waals surface area contributed by atoms with E-state index in [1.165, 1.54) is 0 Å². The van der Waals surface area contributed by atoms with Crippen LogP contribution in [0.15, 0.2) is 59.9 Å². The molecule has 37 heavy (non-hydrogen) atoms. The topological polar surface area (TPSA) is 107 Å². The summed E-state index contributed by atoms with van der Waals surface area (Å²) in [6.45, 7) is 5.83.